The van der Waals surface area contributed by atoms with Crippen molar-refractivity contribution in [3.8, 4) is 0 Å². The van der Waals surface area contributed by atoms with Gasteiger partial charge in [-0.05, 0) is 40.5 Å². The standard InChI is InChI=1S/C12H13BrN4O2S/c1-8-3-2-4-10(12(8)13)17-20(18,19)11-7-15-6-5-9(11)16-14/h2-7,17H,14H2,1H3,(H,15,16). The lowest BCUT2D eigenvalue weighted by Gasteiger charge is -2.13. The molecule has 1 aromatic heterocycles. The van der Waals surface area contributed by atoms with Crippen LogP contribution < -0.4 is 16.0 Å². The number of benzene rings is 1. The average molecular weight is 357 g/mol. The van der Waals surface area contributed by atoms with Crippen LogP contribution in [-0.2, 0) is 10.0 Å². The lowest BCUT2D eigenvalue weighted by Crippen LogP contribution is -2.18. The Morgan fingerprint density at radius 2 is 2.00 bits per heavy atom. The lowest BCUT2D eigenvalue weighted by atomic mass is 10.2. The minimum atomic E-state index is -3.78. The Balaban J connectivity index is 2.44. The summed E-state index contributed by atoms with van der Waals surface area (Å²) in [6.45, 7) is 1.87. The normalized spacial score (nSPS) is 11.2. The van der Waals surface area contributed by atoms with Gasteiger partial charge in [0.25, 0.3) is 10.0 Å². The summed E-state index contributed by atoms with van der Waals surface area (Å²) < 4.78 is 28.0. The molecule has 0 unspecified atom stereocenters. The SMILES string of the molecule is Cc1cccc(NS(=O)(=O)c2cnccc2NN)c1Br. The number of nitrogens with zero attached hydrogens (tertiary/aromatic N) is 1. The number of nitrogens with two attached hydrogens (primary N) is 1. The molecular weight excluding hydrogens is 344 g/mol. The van der Waals surface area contributed by atoms with E-state index < -0.39 is 10.0 Å². The summed E-state index contributed by atoms with van der Waals surface area (Å²) in [7, 11) is -3.78. The van der Waals surface area contributed by atoms with Crippen LogP contribution in [0.2, 0.25) is 0 Å². The van der Waals surface area contributed by atoms with E-state index in [1.54, 1.807) is 12.1 Å². The zero-order valence-corrected chi connectivity index (χ0v) is 13.0. The number of rotatable bonds is 4. The number of pyridine rings is 1. The molecule has 0 bridgehead atoms. The van der Waals surface area contributed by atoms with Crippen molar-refractivity contribution in [3.63, 3.8) is 0 Å². The van der Waals surface area contributed by atoms with Crippen molar-refractivity contribution >= 4 is 37.3 Å². The third-order valence-electron chi connectivity index (χ3n) is 2.67. The molecule has 0 radical (unpaired) electrons. The van der Waals surface area contributed by atoms with Crippen molar-refractivity contribution in [1.29, 1.82) is 0 Å². The molecule has 0 atom stereocenters. The predicted molar refractivity (Wildman–Crippen MR) is 81.7 cm³/mol. The summed E-state index contributed by atoms with van der Waals surface area (Å²) in [4.78, 5) is 3.80. The number of nitrogen functional groups attached to an aromatic ring is 1. The van der Waals surface area contributed by atoms with Crippen LogP contribution in [0.15, 0.2) is 46.0 Å². The molecule has 0 spiro atoms. The molecular formula is C12H13BrN4O2S. The Labute approximate surface area is 125 Å². The molecule has 0 aliphatic carbocycles. The first-order valence-corrected chi connectivity index (χ1v) is 7.92. The number of hydrazine groups is 1. The van der Waals surface area contributed by atoms with Gasteiger partial charge in [-0.3, -0.25) is 15.5 Å². The second kappa shape index (κ2) is 5.78. The van der Waals surface area contributed by atoms with Crippen LogP contribution in [0.25, 0.3) is 0 Å². The van der Waals surface area contributed by atoms with Gasteiger partial charge in [-0.15, -0.1) is 0 Å². The van der Waals surface area contributed by atoms with Gasteiger partial charge in [-0.2, -0.15) is 0 Å². The Morgan fingerprint density at radius 1 is 1.25 bits per heavy atom. The molecule has 0 saturated heterocycles. The van der Waals surface area contributed by atoms with Crippen LogP contribution in [0.4, 0.5) is 11.4 Å². The maximum atomic E-state index is 12.4. The molecule has 8 heteroatoms. The summed E-state index contributed by atoms with van der Waals surface area (Å²) in [5.41, 5.74) is 4.00. The number of aromatic nitrogens is 1. The molecule has 1 heterocycles. The van der Waals surface area contributed by atoms with E-state index in [0.29, 0.717) is 10.2 Å². The molecule has 4 N–H and O–H groups in total. The fraction of sp³-hybridized carbons (Fsp3) is 0.0833. The highest BCUT2D eigenvalue weighted by Crippen LogP contribution is 2.29. The fourth-order valence-corrected chi connectivity index (χ4v) is 3.32. The van der Waals surface area contributed by atoms with Gasteiger partial charge < -0.3 is 5.43 Å². The van der Waals surface area contributed by atoms with Crippen LogP contribution in [0.1, 0.15) is 5.56 Å². The number of hydrogen-bond acceptors (Lipinski definition) is 5. The van der Waals surface area contributed by atoms with Gasteiger partial charge in [0.15, 0.2) is 0 Å². The van der Waals surface area contributed by atoms with E-state index in [1.165, 1.54) is 18.5 Å². The summed E-state index contributed by atoms with van der Waals surface area (Å²) >= 11 is 3.36. The Bertz CT molecular complexity index is 734. The largest absolute Gasteiger partial charge is 0.323 e. The Kier molecular flexibility index (Phi) is 4.26. The smallest absolute Gasteiger partial charge is 0.265 e. The molecule has 0 aliphatic heterocycles. The van der Waals surface area contributed by atoms with Crippen molar-refractivity contribution in [2.45, 2.75) is 11.8 Å². The van der Waals surface area contributed by atoms with Crippen LogP contribution in [0.3, 0.4) is 0 Å². The van der Waals surface area contributed by atoms with Crippen LogP contribution >= 0.6 is 15.9 Å². The number of anilines is 2. The van der Waals surface area contributed by atoms with Crippen LogP contribution in [0, 0.1) is 6.92 Å². The van der Waals surface area contributed by atoms with E-state index in [1.807, 2.05) is 13.0 Å². The van der Waals surface area contributed by atoms with E-state index in [2.05, 4.69) is 31.1 Å². The van der Waals surface area contributed by atoms with Gasteiger partial charge in [-0.25, -0.2) is 8.42 Å². The highest BCUT2D eigenvalue weighted by molar-refractivity contribution is 9.10. The van der Waals surface area contributed by atoms with Gasteiger partial charge >= 0.3 is 0 Å². The molecule has 1 aromatic carbocycles. The van der Waals surface area contributed by atoms with E-state index in [0.717, 1.165) is 5.56 Å². The van der Waals surface area contributed by atoms with Gasteiger partial charge in [0, 0.05) is 16.9 Å². The number of hydrogen-bond donors (Lipinski definition) is 3. The molecule has 0 amide bonds. The highest BCUT2D eigenvalue weighted by atomic mass is 79.9. The molecule has 0 fully saturated rings. The van der Waals surface area contributed by atoms with Gasteiger partial charge in [-0.1, -0.05) is 12.1 Å². The number of aryl methyl sites for hydroxylation is 1. The molecule has 2 aromatic rings. The molecule has 106 valence electrons. The maximum Gasteiger partial charge on any atom is 0.265 e. The fourth-order valence-electron chi connectivity index (χ4n) is 1.64. The van der Waals surface area contributed by atoms with E-state index in [9.17, 15) is 8.42 Å². The topological polar surface area (TPSA) is 97.1 Å². The summed E-state index contributed by atoms with van der Waals surface area (Å²) in [6, 6.07) is 6.79. The number of sulfonamides is 1. The highest BCUT2D eigenvalue weighted by Gasteiger charge is 2.20. The summed E-state index contributed by atoms with van der Waals surface area (Å²) in [5, 5.41) is 0. The van der Waals surface area contributed by atoms with E-state index in [4.69, 9.17) is 5.84 Å². The van der Waals surface area contributed by atoms with Crippen molar-refractivity contribution in [2.24, 2.45) is 5.84 Å². The first-order chi connectivity index (χ1) is 9.45. The lowest BCUT2D eigenvalue weighted by molar-refractivity contribution is 0.601. The molecule has 0 aliphatic rings. The second-order valence-electron chi connectivity index (χ2n) is 4.06. The van der Waals surface area contributed by atoms with Crippen molar-refractivity contribution in [3.05, 3.63) is 46.7 Å². The third-order valence-corrected chi connectivity index (χ3v) is 5.11. The average Bonchev–Trinajstić information content (AvgIpc) is 2.43. The zero-order valence-electron chi connectivity index (χ0n) is 10.6. The Hall–Kier alpha value is -1.64. The monoisotopic (exact) mass is 356 g/mol. The first kappa shape index (κ1) is 14.8. The minimum absolute atomic E-state index is 0.0177. The number of nitrogens with one attached hydrogen (secondary N) is 2. The summed E-state index contributed by atoms with van der Waals surface area (Å²) in [5.74, 6) is 5.32. The maximum absolute atomic E-state index is 12.4. The summed E-state index contributed by atoms with van der Waals surface area (Å²) in [6.07, 6.45) is 2.69. The molecule has 20 heavy (non-hydrogen) atoms. The van der Waals surface area contributed by atoms with Gasteiger partial charge in [0.05, 0.1) is 11.4 Å². The first-order valence-electron chi connectivity index (χ1n) is 5.64. The van der Waals surface area contributed by atoms with Crippen molar-refractivity contribution in [1.82, 2.24) is 4.98 Å². The van der Waals surface area contributed by atoms with Gasteiger partial charge in [0.2, 0.25) is 0 Å². The third kappa shape index (κ3) is 2.92. The van der Waals surface area contributed by atoms with Crippen LogP contribution in [0.5, 0.6) is 0 Å². The van der Waals surface area contributed by atoms with E-state index >= 15 is 0 Å². The molecule has 6 nitrogen and oxygen atoms in total. The quantitative estimate of drug-likeness (QED) is 0.576. The minimum Gasteiger partial charge on any atom is -0.323 e. The zero-order chi connectivity index (χ0) is 14.8. The Morgan fingerprint density at radius 3 is 2.70 bits per heavy atom. The second-order valence-corrected chi connectivity index (χ2v) is 6.50. The van der Waals surface area contributed by atoms with Crippen LogP contribution in [-0.4, -0.2) is 13.4 Å². The van der Waals surface area contributed by atoms with Crippen molar-refractivity contribution < 1.29 is 8.42 Å². The number of halogens is 1. The van der Waals surface area contributed by atoms with Gasteiger partial charge in [0.1, 0.15) is 4.90 Å². The predicted octanol–water partition coefficient (Wildman–Crippen LogP) is 2.24. The molecule has 0 saturated carbocycles. The van der Waals surface area contributed by atoms with E-state index in [-0.39, 0.29) is 10.6 Å². The molecule has 2 rings (SSSR count). The van der Waals surface area contributed by atoms with Crippen molar-refractivity contribution in [2.75, 3.05) is 10.1 Å².